The van der Waals surface area contributed by atoms with Gasteiger partial charge in [-0.1, -0.05) is 0 Å². The summed E-state index contributed by atoms with van der Waals surface area (Å²) in [5, 5.41) is 27.0. The maximum Gasteiger partial charge on any atom is 0.113 e. The first kappa shape index (κ1) is 9.25. The van der Waals surface area contributed by atoms with Gasteiger partial charge < -0.3 is 19.9 Å². The monoisotopic (exact) mass is 171 g/mol. The summed E-state index contributed by atoms with van der Waals surface area (Å²) in [7, 11) is 0. The molecular weight excluding hydrogens is 158 g/mol. The van der Waals surface area contributed by atoms with Crippen LogP contribution in [0.15, 0.2) is 24.5 Å². The Morgan fingerprint density at radius 1 is 0.917 bits per heavy atom. The highest BCUT2D eigenvalue weighted by Crippen LogP contribution is 2.14. The highest BCUT2D eigenvalue weighted by Gasteiger charge is 2.28. The molecule has 1 aromatic heterocycles. The van der Waals surface area contributed by atoms with Crippen molar-refractivity contribution >= 4 is 0 Å². The lowest BCUT2D eigenvalue weighted by Crippen LogP contribution is -2.44. The van der Waals surface area contributed by atoms with Crippen LogP contribution < -0.4 is 0 Å². The van der Waals surface area contributed by atoms with Crippen molar-refractivity contribution in [3.8, 4) is 0 Å². The Kier molecular flexibility index (Phi) is 2.86. The van der Waals surface area contributed by atoms with E-state index in [4.69, 9.17) is 15.3 Å². The molecule has 3 N–H and O–H groups in total. The first-order valence-corrected chi connectivity index (χ1v) is 3.75. The second-order valence-electron chi connectivity index (χ2n) is 2.79. The molecule has 0 unspecified atom stereocenters. The van der Waals surface area contributed by atoms with E-state index in [9.17, 15) is 0 Å². The summed E-state index contributed by atoms with van der Waals surface area (Å²) in [5.41, 5.74) is -0.969. The van der Waals surface area contributed by atoms with E-state index < -0.39 is 5.54 Å². The third-order valence-electron chi connectivity index (χ3n) is 2.04. The van der Waals surface area contributed by atoms with Gasteiger partial charge in [0.15, 0.2) is 0 Å². The zero-order chi connectivity index (χ0) is 9.03. The van der Waals surface area contributed by atoms with E-state index >= 15 is 0 Å². The second kappa shape index (κ2) is 3.71. The summed E-state index contributed by atoms with van der Waals surface area (Å²) >= 11 is 0. The predicted molar refractivity (Wildman–Crippen MR) is 43.7 cm³/mol. The van der Waals surface area contributed by atoms with Crippen molar-refractivity contribution < 1.29 is 15.3 Å². The summed E-state index contributed by atoms with van der Waals surface area (Å²) in [5.74, 6) is 0. The minimum Gasteiger partial charge on any atom is -0.394 e. The number of aromatic nitrogens is 1. The predicted octanol–water partition coefficient (Wildman–Crippen LogP) is -0.840. The fraction of sp³-hybridized carbons (Fsp3) is 0.500. The van der Waals surface area contributed by atoms with Crippen LogP contribution in [0, 0.1) is 0 Å². The summed E-state index contributed by atoms with van der Waals surface area (Å²) in [4.78, 5) is 0. The van der Waals surface area contributed by atoms with E-state index in [0.29, 0.717) is 0 Å². The second-order valence-corrected chi connectivity index (χ2v) is 2.79. The molecular formula is C8H13NO3. The minimum absolute atomic E-state index is 0.283. The first-order valence-electron chi connectivity index (χ1n) is 3.75. The molecule has 0 aliphatic heterocycles. The molecule has 12 heavy (non-hydrogen) atoms. The average Bonchev–Trinajstić information content (AvgIpc) is 2.62. The van der Waals surface area contributed by atoms with Crippen molar-refractivity contribution in [2.75, 3.05) is 19.8 Å². The zero-order valence-corrected chi connectivity index (χ0v) is 6.72. The van der Waals surface area contributed by atoms with Gasteiger partial charge in [0, 0.05) is 12.4 Å². The number of rotatable bonds is 4. The standard InChI is InChI=1S/C8H13NO3/c10-5-8(6-11,7-12)9-3-1-2-4-9/h1-4,10-12H,5-7H2. The van der Waals surface area contributed by atoms with E-state index in [0.717, 1.165) is 0 Å². The topological polar surface area (TPSA) is 65.6 Å². The maximum absolute atomic E-state index is 9.01. The van der Waals surface area contributed by atoms with E-state index in [1.54, 1.807) is 29.1 Å². The van der Waals surface area contributed by atoms with Crippen LogP contribution in [-0.4, -0.2) is 39.7 Å². The van der Waals surface area contributed by atoms with Gasteiger partial charge in [-0.25, -0.2) is 0 Å². The van der Waals surface area contributed by atoms with Gasteiger partial charge in [-0.2, -0.15) is 0 Å². The molecule has 0 saturated carbocycles. The third-order valence-corrected chi connectivity index (χ3v) is 2.04. The van der Waals surface area contributed by atoms with Crippen LogP contribution in [-0.2, 0) is 5.54 Å². The quantitative estimate of drug-likeness (QED) is 0.553. The van der Waals surface area contributed by atoms with Crippen LogP contribution in [0.1, 0.15) is 0 Å². The summed E-state index contributed by atoms with van der Waals surface area (Å²) in [6, 6.07) is 3.55. The molecule has 0 aromatic carbocycles. The fourth-order valence-corrected chi connectivity index (χ4v) is 1.05. The zero-order valence-electron chi connectivity index (χ0n) is 6.72. The number of hydrogen-bond donors (Lipinski definition) is 3. The molecule has 0 fully saturated rings. The molecule has 0 atom stereocenters. The number of aliphatic hydroxyl groups is 3. The van der Waals surface area contributed by atoms with E-state index in [-0.39, 0.29) is 19.8 Å². The summed E-state index contributed by atoms with van der Waals surface area (Å²) in [6.45, 7) is -0.849. The Morgan fingerprint density at radius 3 is 1.67 bits per heavy atom. The van der Waals surface area contributed by atoms with Crippen molar-refractivity contribution in [3.05, 3.63) is 24.5 Å². The minimum atomic E-state index is -0.969. The van der Waals surface area contributed by atoms with Gasteiger partial charge in [0.2, 0.25) is 0 Å². The Balaban J connectivity index is 2.93. The largest absolute Gasteiger partial charge is 0.394 e. The van der Waals surface area contributed by atoms with Crippen LogP contribution in [0.3, 0.4) is 0 Å². The number of aliphatic hydroxyl groups excluding tert-OH is 3. The van der Waals surface area contributed by atoms with Crippen molar-refractivity contribution in [1.29, 1.82) is 0 Å². The smallest absolute Gasteiger partial charge is 0.113 e. The van der Waals surface area contributed by atoms with Gasteiger partial charge in [-0.05, 0) is 12.1 Å². The lowest BCUT2D eigenvalue weighted by molar-refractivity contribution is 0.0155. The summed E-state index contributed by atoms with van der Waals surface area (Å²) < 4.78 is 1.60. The van der Waals surface area contributed by atoms with Crippen LogP contribution in [0.4, 0.5) is 0 Å². The van der Waals surface area contributed by atoms with Gasteiger partial charge in [0.25, 0.3) is 0 Å². The molecule has 0 bridgehead atoms. The number of nitrogens with zero attached hydrogens (tertiary/aromatic N) is 1. The van der Waals surface area contributed by atoms with E-state index in [1.807, 2.05) is 0 Å². The normalized spacial score (nSPS) is 11.9. The molecule has 0 aliphatic rings. The molecule has 0 saturated heterocycles. The van der Waals surface area contributed by atoms with Crippen LogP contribution in [0.5, 0.6) is 0 Å². The van der Waals surface area contributed by atoms with Crippen LogP contribution in [0.2, 0.25) is 0 Å². The molecule has 1 heterocycles. The van der Waals surface area contributed by atoms with E-state index in [2.05, 4.69) is 0 Å². The average molecular weight is 171 g/mol. The van der Waals surface area contributed by atoms with Gasteiger partial charge in [-0.15, -0.1) is 0 Å². The first-order chi connectivity index (χ1) is 5.79. The van der Waals surface area contributed by atoms with Crippen molar-refractivity contribution in [2.45, 2.75) is 5.54 Å². The van der Waals surface area contributed by atoms with Gasteiger partial charge in [0.05, 0.1) is 19.8 Å². The lowest BCUT2D eigenvalue weighted by Gasteiger charge is -2.29. The SMILES string of the molecule is OCC(CO)(CO)n1cccc1. The molecule has 68 valence electrons. The van der Waals surface area contributed by atoms with Gasteiger partial charge in [0.1, 0.15) is 5.54 Å². The lowest BCUT2D eigenvalue weighted by atomic mass is 10.0. The molecule has 0 radical (unpaired) electrons. The van der Waals surface area contributed by atoms with E-state index in [1.165, 1.54) is 0 Å². The van der Waals surface area contributed by atoms with Crippen molar-refractivity contribution in [3.63, 3.8) is 0 Å². The maximum atomic E-state index is 9.01. The molecule has 0 spiro atoms. The Morgan fingerprint density at radius 2 is 1.33 bits per heavy atom. The highest BCUT2D eigenvalue weighted by atomic mass is 16.3. The third kappa shape index (κ3) is 1.36. The fourth-order valence-electron chi connectivity index (χ4n) is 1.05. The summed E-state index contributed by atoms with van der Waals surface area (Å²) in [6.07, 6.45) is 3.39. The van der Waals surface area contributed by atoms with Gasteiger partial charge >= 0.3 is 0 Å². The highest BCUT2D eigenvalue weighted by molar-refractivity contribution is 4.98. The van der Waals surface area contributed by atoms with Crippen LogP contribution in [0.25, 0.3) is 0 Å². The molecule has 0 aliphatic carbocycles. The Labute approximate surface area is 70.7 Å². The molecule has 1 rings (SSSR count). The molecule has 1 aromatic rings. The van der Waals surface area contributed by atoms with Gasteiger partial charge in [-0.3, -0.25) is 0 Å². The molecule has 4 nitrogen and oxygen atoms in total. The molecule has 0 amide bonds. The molecule has 4 heteroatoms. The Bertz CT molecular complexity index is 208. The Hall–Kier alpha value is -0.840. The van der Waals surface area contributed by atoms with Crippen molar-refractivity contribution in [2.24, 2.45) is 0 Å². The van der Waals surface area contributed by atoms with Crippen molar-refractivity contribution in [1.82, 2.24) is 4.57 Å². The van der Waals surface area contributed by atoms with Crippen LogP contribution >= 0.6 is 0 Å². The number of hydrogen-bond acceptors (Lipinski definition) is 3.